The lowest BCUT2D eigenvalue weighted by molar-refractivity contribution is 0.200. The van der Waals surface area contributed by atoms with Crippen molar-refractivity contribution in [2.75, 3.05) is 5.75 Å². The van der Waals surface area contributed by atoms with Gasteiger partial charge in [-0.3, -0.25) is 0 Å². The second kappa shape index (κ2) is 6.56. The molecule has 1 atom stereocenters. The SMILES string of the molecule is CC(C)SCC(O)Cc1ccc(Br)cc1. The van der Waals surface area contributed by atoms with Crippen molar-refractivity contribution in [3.8, 4) is 0 Å². The maximum absolute atomic E-state index is 9.79. The lowest BCUT2D eigenvalue weighted by Crippen LogP contribution is -2.14. The molecule has 84 valence electrons. The van der Waals surface area contributed by atoms with Crippen LogP contribution in [-0.4, -0.2) is 22.2 Å². The van der Waals surface area contributed by atoms with Crippen LogP contribution in [0.5, 0.6) is 0 Å². The number of rotatable bonds is 5. The van der Waals surface area contributed by atoms with Crippen LogP contribution in [0.25, 0.3) is 0 Å². The quantitative estimate of drug-likeness (QED) is 0.895. The minimum atomic E-state index is -0.237. The van der Waals surface area contributed by atoms with E-state index in [-0.39, 0.29) is 6.10 Å². The average molecular weight is 289 g/mol. The molecule has 0 heterocycles. The van der Waals surface area contributed by atoms with Crippen LogP contribution in [-0.2, 0) is 6.42 Å². The Kier molecular flexibility index (Phi) is 5.72. The zero-order chi connectivity index (χ0) is 11.3. The van der Waals surface area contributed by atoms with Crippen LogP contribution >= 0.6 is 27.7 Å². The Morgan fingerprint density at radius 3 is 2.40 bits per heavy atom. The highest BCUT2D eigenvalue weighted by molar-refractivity contribution is 9.10. The first kappa shape index (κ1) is 13.1. The van der Waals surface area contributed by atoms with Crippen LogP contribution in [0.1, 0.15) is 19.4 Å². The molecular formula is C12H17BrOS. The maximum atomic E-state index is 9.79. The molecule has 3 heteroatoms. The van der Waals surface area contributed by atoms with E-state index in [1.54, 1.807) is 11.8 Å². The van der Waals surface area contributed by atoms with Gasteiger partial charge < -0.3 is 5.11 Å². The second-order valence-electron chi connectivity index (χ2n) is 3.87. The molecule has 1 nitrogen and oxygen atoms in total. The first-order valence-electron chi connectivity index (χ1n) is 5.12. The van der Waals surface area contributed by atoms with E-state index in [1.165, 1.54) is 5.56 Å². The zero-order valence-corrected chi connectivity index (χ0v) is 11.5. The van der Waals surface area contributed by atoms with E-state index < -0.39 is 0 Å². The summed E-state index contributed by atoms with van der Waals surface area (Å²) in [5, 5.41) is 10.4. The van der Waals surface area contributed by atoms with Crippen molar-refractivity contribution in [1.82, 2.24) is 0 Å². The summed E-state index contributed by atoms with van der Waals surface area (Å²) in [6, 6.07) is 8.12. The maximum Gasteiger partial charge on any atom is 0.0670 e. The molecule has 1 aromatic carbocycles. The van der Waals surface area contributed by atoms with Crippen LogP contribution in [0.2, 0.25) is 0 Å². The zero-order valence-electron chi connectivity index (χ0n) is 9.11. The van der Waals surface area contributed by atoms with Crippen molar-refractivity contribution in [3.63, 3.8) is 0 Å². The molecule has 0 amide bonds. The summed E-state index contributed by atoms with van der Waals surface area (Å²) < 4.78 is 1.08. The van der Waals surface area contributed by atoms with Crippen molar-refractivity contribution >= 4 is 27.7 Å². The van der Waals surface area contributed by atoms with Gasteiger partial charge in [-0.05, 0) is 29.4 Å². The van der Waals surface area contributed by atoms with E-state index in [2.05, 4.69) is 29.8 Å². The minimum absolute atomic E-state index is 0.237. The van der Waals surface area contributed by atoms with E-state index in [0.29, 0.717) is 5.25 Å². The van der Waals surface area contributed by atoms with Gasteiger partial charge in [0, 0.05) is 10.2 Å². The molecule has 1 N–H and O–H groups in total. The van der Waals surface area contributed by atoms with Crippen LogP contribution in [0.4, 0.5) is 0 Å². The molecule has 1 aromatic rings. The predicted molar refractivity (Wildman–Crippen MR) is 71.4 cm³/mol. The molecule has 0 saturated heterocycles. The van der Waals surface area contributed by atoms with Crippen molar-refractivity contribution in [2.45, 2.75) is 31.6 Å². The number of aliphatic hydroxyl groups is 1. The first-order chi connectivity index (χ1) is 7.08. The molecule has 0 spiro atoms. The summed E-state index contributed by atoms with van der Waals surface area (Å²) in [4.78, 5) is 0. The average Bonchev–Trinajstić information content (AvgIpc) is 2.19. The lowest BCUT2D eigenvalue weighted by Gasteiger charge is -2.11. The van der Waals surface area contributed by atoms with Crippen molar-refractivity contribution < 1.29 is 5.11 Å². The molecule has 0 aliphatic heterocycles. The number of hydrogen-bond acceptors (Lipinski definition) is 2. The van der Waals surface area contributed by atoms with Gasteiger partial charge in [-0.15, -0.1) is 0 Å². The summed E-state index contributed by atoms with van der Waals surface area (Å²) in [6.45, 7) is 4.30. The van der Waals surface area contributed by atoms with Gasteiger partial charge in [0.1, 0.15) is 0 Å². The number of aliphatic hydroxyl groups excluding tert-OH is 1. The smallest absolute Gasteiger partial charge is 0.0670 e. The van der Waals surface area contributed by atoms with E-state index in [0.717, 1.165) is 16.6 Å². The lowest BCUT2D eigenvalue weighted by atomic mass is 10.1. The standard InChI is InChI=1S/C12H17BrOS/c1-9(2)15-8-12(14)7-10-3-5-11(13)6-4-10/h3-6,9,12,14H,7-8H2,1-2H3. The summed E-state index contributed by atoms with van der Waals surface area (Å²) in [5.74, 6) is 0.813. The van der Waals surface area contributed by atoms with Crippen molar-refractivity contribution in [1.29, 1.82) is 0 Å². The van der Waals surface area contributed by atoms with Gasteiger partial charge in [0.05, 0.1) is 6.10 Å². The van der Waals surface area contributed by atoms with E-state index in [9.17, 15) is 5.11 Å². The summed E-state index contributed by atoms with van der Waals surface area (Å²) in [7, 11) is 0. The fourth-order valence-corrected chi connectivity index (χ4v) is 2.24. The number of thioether (sulfide) groups is 1. The molecule has 0 aliphatic rings. The Hall–Kier alpha value is 0.01000. The van der Waals surface area contributed by atoms with Crippen LogP contribution in [0, 0.1) is 0 Å². The number of benzene rings is 1. The third-order valence-corrected chi connectivity index (χ3v) is 3.78. The summed E-state index contributed by atoms with van der Waals surface area (Å²) in [6.07, 6.45) is 0.506. The molecule has 1 unspecified atom stereocenters. The third kappa shape index (κ3) is 5.59. The summed E-state index contributed by atoms with van der Waals surface area (Å²) in [5.41, 5.74) is 1.19. The molecule has 0 aromatic heterocycles. The Morgan fingerprint density at radius 1 is 1.27 bits per heavy atom. The highest BCUT2D eigenvalue weighted by Crippen LogP contribution is 2.15. The second-order valence-corrected chi connectivity index (χ2v) is 6.39. The highest BCUT2D eigenvalue weighted by atomic mass is 79.9. The normalized spacial score (nSPS) is 13.1. The van der Waals surface area contributed by atoms with E-state index >= 15 is 0 Å². The van der Waals surface area contributed by atoms with Gasteiger partial charge in [0.15, 0.2) is 0 Å². The topological polar surface area (TPSA) is 20.2 Å². The largest absolute Gasteiger partial charge is 0.392 e. The highest BCUT2D eigenvalue weighted by Gasteiger charge is 2.06. The molecule has 15 heavy (non-hydrogen) atoms. The van der Waals surface area contributed by atoms with Crippen molar-refractivity contribution in [3.05, 3.63) is 34.3 Å². The van der Waals surface area contributed by atoms with Gasteiger partial charge in [-0.1, -0.05) is 41.9 Å². The van der Waals surface area contributed by atoms with Crippen LogP contribution in [0.3, 0.4) is 0 Å². The molecule has 0 saturated carbocycles. The Labute approximate surface area is 104 Å². The fraction of sp³-hybridized carbons (Fsp3) is 0.500. The molecular weight excluding hydrogens is 272 g/mol. The van der Waals surface area contributed by atoms with Gasteiger partial charge in [-0.25, -0.2) is 0 Å². The predicted octanol–water partition coefficient (Wildman–Crippen LogP) is 3.49. The Bertz CT molecular complexity index is 284. The first-order valence-corrected chi connectivity index (χ1v) is 6.96. The van der Waals surface area contributed by atoms with Gasteiger partial charge in [0.25, 0.3) is 0 Å². The fourth-order valence-electron chi connectivity index (χ4n) is 1.26. The Morgan fingerprint density at radius 2 is 1.87 bits per heavy atom. The van der Waals surface area contributed by atoms with Gasteiger partial charge in [0.2, 0.25) is 0 Å². The third-order valence-electron chi connectivity index (χ3n) is 2.01. The molecule has 0 bridgehead atoms. The van der Waals surface area contributed by atoms with Crippen LogP contribution in [0.15, 0.2) is 28.7 Å². The van der Waals surface area contributed by atoms with E-state index in [1.807, 2.05) is 24.3 Å². The molecule has 0 fully saturated rings. The van der Waals surface area contributed by atoms with Crippen LogP contribution < -0.4 is 0 Å². The van der Waals surface area contributed by atoms with Gasteiger partial charge in [-0.2, -0.15) is 11.8 Å². The van der Waals surface area contributed by atoms with E-state index in [4.69, 9.17) is 0 Å². The number of halogens is 1. The van der Waals surface area contributed by atoms with Crippen molar-refractivity contribution in [2.24, 2.45) is 0 Å². The Balaban J connectivity index is 2.37. The number of hydrogen-bond donors (Lipinski definition) is 1. The molecule has 1 rings (SSSR count). The monoisotopic (exact) mass is 288 g/mol. The summed E-state index contributed by atoms with van der Waals surface area (Å²) >= 11 is 5.20. The minimum Gasteiger partial charge on any atom is -0.392 e. The van der Waals surface area contributed by atoms with Gasteiger partial charge >= 0.3 is 0 Å². The molecule has 0 aliphatic carbocycles. The molecule has 0 radical (unpaired) electrons.